The Hall–Kier alpha value is -1.68. The highest BCUT2D eigenvalue weighted by molar-refractivity contribution is 7.99. The molecule has 3 N–H and O–H groups in total. The van der Waals surface area contributed by atoms with E-state index in [1.54, 1.807) is 25.1 Å². The fourth-order valence-electron chi connectivity index (χ4n) is 1.43. The van der Waals surface area contributed by atoms with Crippen molar-refractivity contribution in [1.82, 2.24) is 20.6 Å². The summed E-state index contributed by atoms with van der Waals surface area (Å²) in [6.45, 7) is 3.90. The highest BCUT2D eigenvalue weighted by Gasteiger charge is 2.29. The summed E-state index contributed by atoms with van der Waals surface area (Å²) in [7, 11) is 1.71. The van der Waals surface area contributed by atoms with Gasteiger partial charge in [-0.25, -0.2) is 9.98 Å². The van der Waals surface area contributed by atoms with E-state index in [1.165, 1.54) is 0 Å². The lowest BCUT2D eigenvalue weighted by Gasteiger charge is -2.22. The summed E-state index contributed by atoms with van der Waals surface area (Å²) in [5.41, 5.74) is 1.83. The molecule has 1 atom stereocenters. The highest BCUT2D eigenvalue weighted by atomic mass is 32.2. The third-order valence-corrected chi connectivity index (χ3v) is 3.48. The van der Waals surface area contributed by atoms with Crippen molar-refractivity contribution in [3.63, 3.8) is 0 Å². The summed E-state index contributed by atoms with van der Waals surface area (Å²) < 4.78 is 0. The maximum atomic E-state index is 8.61. The number of guanidine groups is 1. The van der Waals surface area contributed by atoms with Crippen LogP contribution in [0.2, 0.25) is 0 Å². The fraction of sp³-hybridized carbons (Fsp3) is 0.500. The largest absolute Gasteiger partial charge is 0.359 e. The molecule has 0 spiro atoms. The summed E-state index contributed by atoms with van der Waals surface area (Å²) >= 11 is 1.55. The number of nitriles is 1. The number of aromatic amines is 1. The first-order valence-corrected chi connectivity index (χ1v) is 6.28. The molecule has 1 rings (SSSR count). The Bertz CT molecular complexity index is 446. The molecule has 6 nitrogen and oxygen atoms in total. The number of nitrogens with zero attached hydrogens (tertiary/aromatic N) is 3. The van der Waals surface area contributed by atoms with Crippen LogP contribution in [0.15, 0.2) is 11.3 Å². The van der Waals surface area contributed by atoms with Crippen molar-refractivity contribution in [3.8, 4) is 6.19 Å². The monoisotopic (exact) mass is 252 g/mol. The number of nitrogens with one attached hydrogen (secondary N) is 3. The van der Waals surface area contributed by atoms with Crippen LogP contribution in [0.3, 0.4) is 0 Å². The number of thioether (sulfide) groups is 1. The van der Waals surface area contributed by atoms with Crippen molar-refractivity contribution in [1.29, 1.82) is 5.26 Å². The molecule has 0 aliphatic heterocycles. The SMILES string of the molecule is CN/C(=N/C(C)(SC)c1nc[nH]c1C)NC#N. The van der Waals surface area contributed by atoms with Crippen LogP contribution in [0.25, 0.3) is 0 Å². The van der Waals surface area contributed by atoms with Crippen molar-refractivity contribution >= 4 is 17.7 Å². The van der Waals surface area contributed by atoms with Gasteiger partial charge in [-0.05, 0) is 20.1 Å². The van der Waals surface area contributed by atoms with E-state index in [9.17, 15) is 0 Å². The quantitative estimate of drug-likeness (QED) is 0.322. The van der Waals surface area contributed by atoms with Gasteiger partial charge >= 0.3 is 0 Å². The van der Waals surface area contributed by atoms with Gasteiger partial charge in [0.25, 0.3) is 0 Å². The first-order chi connectivity index (χ1) is 8.07. The first-order valence-electron chi connectivity index (χ1n) is 5.05. The molecule has 0 saturated heterocycles. The summed E-state index contributed by atoms with van der Waals surface area (Å²) in [6, 6.07) is 0. The third kappa shape index (κ3) is 2.91. The van der Waals surface area contributed by atoms with Crippen molar-refractivity contribution in [2.24, 2.45) is 4.99 Å². The Morgan fingerprint density at radius 3 is 2.82 bits per heavy atom. The smallest absolute Gasteiger partial charge is 0.206 e. The molecular weight excluding hydrogens is 236 g/mol. The number of aliphatic imine (C=N–C) groups is 1. The van der Waals surface area contributed by atoms with Gasteiger partial charge in [-0.15, -0.1) is 11.8 Å². The number of imidazole rings is 1. The van der Waals surface area contributed by atoms with E-state index in [0.717, 1.165) is 11.4 Å². The highest BCUT2D eigenvalue weighted by Crippen LogP contribution is 2.35. The second kappa shape index (κ2) is 5.59. The second-order valence-electron chi connectivity index (χ2n) is 3.51. The van der Waals surface area contributed by atoms with E-state index in [4.69, 9.17) is 5.26 Å². The van der Waals surface area contributed by atoms with Gasteiger partial charge in [0, 0.05) is 12.7 Å². The van der Waals surface area contributed by atoms with Crippen LogP contribution >= 0.6 is 11.8 Å². The first kappa shape index (κ1) is 13.4. The minimum atomic E-state index is -0.535. The summed E-state index contributed by atoms with van der Waals surface area (Å²) in [4.78, 5) is 11.3. The lowest BCUT2D eigenvalue weighted by atomic mass is 10.2. The molecule has 1 heterocycles. The van der Waals surface area contributed by atoms with Crippen molar-refractivity contribution in [2.45, 2.75) is 18.7 Å². The molecule has 0 fully saturated rings. The molecule has 1 aromatic rings. The van der Waals surface area contributed by atoms with Gasteiger partial charge in [-0.1, -0.05) is 0 Å². The second-order valence-corrected chi connectivity index (χ2v) is 4.71. The van der Waals surface area contributed by atoms with Crippen LogP contribution < -0.4 is 10.6 Å². The van der Waals surface area contributed by atoms with Gasteiger partial charge in [0.1, 0.15) is 0 Å². The van der Waals surface area contributed by atoms with Gasteiger partial charge in [-0.2, -0.15) is 5.26 Å². The summed E-state index contributed by atoms with van der Waals surface area (Å²) in [5, 5.41) is 13.9. The molecule has 0 aliphatic carbocycles. The Kier molecular flexibility index (Phi) is 4.40. The van der Waals surface area contributed by atoms with Crippen molar-refractivity contribution in [3.05, 3.63) is 17.7 Å². The van der Waals surface area contributed by atoms with Crippen LogP contribution in [0.1, 0.15) is 18.3 Å². The Balaban J connectivity index is 3.13. The molecule has 7 heteroatoms. The van der Waals surface area contributed by atoms with Gasteiger partial charge in [0.15, 0.2) is 11.1 Å². The van der Waals surface area contributed by atoms with Crippen molar-refractivity contribution in [2.75, 3.05) is 13.3 Å². The van der Waals surface area contributed by atoms with Crippen LogP contribution in [0, 0.1) is 18.4 Å². The van der Waals surface area contributed by atoms with Gasteiger partial charge in [-0.3, -0.25) is 5.32 Å². The predicted octanol–water partition coefficient (Wildman–Crippen LogP) is 0.900. The molecule has 0 aromatic carbocycles. The molecule has 0 amide bonds. The third-order valence-electron chi connectivity index (χ3n) is 2.40. The lowest BCUT2D eigenvalue weighted by molar-refractivity contribution is 0.700. The number of hydrogen-bond acceptors (Lipinski definition) is 4. The Labute approximate surface area is 105 Å². The molecule has 1 aromatic heterocycles. The molecular formula is C10H16N6S. The Morgan fingerprint density at radius 2 is 2.41 bits per heavy atom. The number of aromatic nitrogens is 2. The molecule has 1 unspecified atom stereocenters. The standard InChI is InChI=1S/C10H16N6S/c1-7-8(15-6-14-7)10(2,17-4)16-9(12-3)13-5-11/h6H,1-4H3,(H,14,15)(H2,12,13,16). The van der Waals surface area contributed by atoms with E-state index in [0.29, 0.717) is 5.96 Å². The Morgan fingerprint density at radius 1 is 1.71 bits per heavy atom. The molecule has 0 aliphatic rings. The maximum Gasteiger partial charge on any atom is 0.206 e. The van der Waals surface area contributed by atoms with Crippen LogP contribution in [0.4, 0.5) is 0 Å². The average molecular weight is 252 g/mol. The topological polar surface area (TPSA) is 88.9 Å². The van der Waals surface area contributed by atoms with Gasteiger partial charge < -0.3 is 10.3 Å². The van der Waals surface area contributed by atoms with Crippen LogP contribution in [-0.2, 0) is 4.87 Å². The van der Waals surface area contributed by atoms with E-state index in [1.807, 2.05) is 26.3 Å². The van der Waals surface area contributed by atoms with E-state index in [-0.39, 0.29) is 0 Å². The van der Waals surface area contributed by atoms with Gasteiger partial charge in [0.05, 0.1) is 12.0 Å². The average Bonchev–Trinajstić information content (AvgIpc) is 2.75. The minimum Gasteiger partial charge on any atom is -0.359 e. The number of aryl methyl sites for hydroxylation is 1. The lowest BCUT2D eigenvalue weighted by Crippen LogP contribution is -2.34. The van der Waals surface area contributed by atoms with E-state index in [2.05, 4.69) is 25.6 Å². The molecule has 0 saturated carbocycles. The summed E-state index contributed by atoms with van der Waals surface area (Å²) in [6.07, 6.45) is 5.44. The number of H-pyrrole nitrogens is 1. The van der Waals surface area contributed by atoms with E-state index < -0.39 is 4.87 Å². The number of hydrogen-bond donors (Lipinski definition) is 3. The predicted molar refractivity (Wildman–Crippen MR) is 69.4 cm³/mol. The normalized spacial score (nSPS) is 14.9. The maximum absolute atomic E-state index is 8.61. The zero-order valence-corrected chi connectivity index (χ0v) is 11.1. The summed E-state index contributed by atoms with van der Waals surface area (Å²) in [5.74, 6) is 0.423. The van der Waals surface area contributed by atoms with Crippen molar-refractivity contribution < 1.29 is 0 Å². The zero-order chi connectivity index (χ0) is 12.9. The number of rotatable bonds is 3. The van der Waals surface area contributed by atoms with Crippen LogP contribution in [-0.4, -0.2) is 29.2 Å². The zero-order valence-electron chi connectivity index (χ0n) is 10.3. The molecule has 0 radical (unpaired) electrons. The minimum absolute atomic E-state index is 0.423. The van der Waals surface area contributed by atoms with Crippen LogP contribution in [0.5, 0.6) is 0 Å². The van der Waals surface area contributed by atoms with Gasteiger partial charge in [0.2, 0.25) is 5.96 Å². The van der Waals surface area contributed by atoms with E-state index >= 15 is 0 Å². The fourth-order valence-corrected chi connectivity index (χ4v) is 2.02. The molecule has 92 valence electrons. The molecule has 0 bridgehead atoms. The molecule has 17 heavy (non-hydrogen) atoms.